The quantitative estimate of drug-likeness (QED) is 0.588. The molecule has 0 saturated carbocycles. The molecule has 136 valence electrons. The van der Waals surface area contributed by atoms with E-state index < -0.39 is 0 Å². The Hall–Kier alpha value is -2.89. The molecule has 0 bridgehead atoms. The fourth-order valence-corrected chi connectivity index (χ4v) is 3.04. The summed E-state index contributed by atoms with van der Waals surface area (Å²) in [4.78, 5) is 32.3. The SMILES string of the molecule is CCN(CCc1ccncc1)C(=O)CN1CC(=O)Oc2cc(C)ccc21. The predicted molar refractivity (Wildman–Crippen MR) is 99.2 cm³/mol. The van der Waals surface area contributed by atoms with Gasteiger partial charge in [0.1, 0.15) is 6.54 Å². The number of likely N-dealkylation sites (N-methyl/N-ethyl adjacent to an activating group) is 1. The van der Waals surface area contributed by atoms with Crippen LogP contribution in [0, 0.1) is 6.92 Å². The Kier molecular flexibility index (Phi) is 5.51. The van der Waals surface area contributed by atoms with Crippen molar-refractivity contribution in [3.63, 3.8) is 0 Å². The second-order valence-corrected chi connectivity index (χ2v) is 6.38. The van der Waals surface area contributed by atoms with Crippen molar-refractivity contribution in [2.45, 2.75) is 20.3 Å². The summed E-state index contributed by atoms with van der Waals surface area (Å²) in [7, 11) is 0. The molecule has 6 nitrogen and oxygen atoms in total. The third-order valence-corrected chi connectivity index (χ3v) is 4.48. The number of rotatable bonds is 6. The average molecular weight is 353 g/mol. The van der Waals surface area contributed by atoms with E-state index in [4.69, 9.17) is 4.74 Å². The molecule has 1 aliphatic heterocycles. The summed E-state index contributed by atoms with van der Waals surface area (Å²) in [5, 5.41) is 0. The Morgan fingerprint density at radius 3 is 2.77 bits per heavy atom. The third-order valence-electron chi connectivity index (χ3n) is 4.48. The molecule has 0 spiro atoms. The lowest BCUT2D eigenvalue weighted by Crippen LogP contribution is -2.45. The van der Waals surface area contributed by atoms with Gasteiger partial charge in [0, 0.05) is 25.5 Å². The van der Waals surface area contributed by atoms with E-state index in [1.807, 2.05) is 49.1 Å². The first-order valence-electron chi connectivity index (χ1n) is 8.79. The number of pyridine rings is 1. The monoisotopic (exact) mass is 353 g/mol. The first-order valence-corrected chi connectivity index (χ1v) is 8.79. The molecule has 1 aromatic carbocycles. The topological polar surface area (TPSA) is 62.7 Å². The number of carbonyl (C=O) groups excluding carboxylic acids is 2. The van der Waals surface area contributed by atoms with Crippen LogP contribution in [0.3, 0.4) is 0 Å². The normalized spacial score (nSPS) is 13.2. The first kappa shape index (κ1) is 17.9. The smallest absolute Gasteiger partial charge is 0.331 e. The molecule has 0 aliphatic carbocycles. The van der Waals surface area contributed by atoms with E-state index in [9.17, 15) is 9.59 Å². The van der Waals surface area contributed by atoms with Crippen molar-refractivity contribution in [1.29, 1.82) is 0 Å². The molecule has 0 unspecified atom stereocenters. The van der Waals surface area contributed by atoms with Gasteiger partial charge in [-0.05, 0) is 55.7 Å². The van der Waals surface area contributed by atoms with Gasteiger partial charge in [-0.2, -0.15) is 0 Å². The van der Waals surface area contributed by atoms with Crippen LogP contribution in [0.2, 0.25) is 0 Å². The van der Waals surface area contributed by atoms with Gasteiger partial charge in [-0.15, -0.1) is 0 Å². The lowest BCUT2D eigenvalue weighted by Gasteiger charge is -2.31. The van der Waals surface area contributed by atoms with Crippen molar-refractivity contribution in [3.8, 4) is 5.75 Å². The number of anilines is 1. The molecule has 26 heavy (non-hydrogen) atoms. The number of nitrogens with zero attached hydrogens (tertiary/aromatic N) is 3. The summed E-state index contributed by atoms with van der Waals surface area (Å²) in [6.45, 7) is 5.42. The van der Waals surface area contributed by atoms with E-state index in [1.165, 1.54) is 0 Å². The van der Waals surface area contributed by atoms with Gasteiger partial charge in [-0.25, -0.2) is 4.79 Å². The van der Waals surface area contributed by atoms with Crippen molar-refractivity contribution in [1.82, 2.24) is 9.88 Å². The molecule has 0 atom stereocenters. The highest BCUT2D eigenvalue weighted by Crippen LogP contribution is 2.32. The summed E-state index contributed by atoms with van der Waals surface area (Å²) in [6.07, 6.45) is 4.29. The molecule has 0 saturated heterocycles. The van der Waals surface area contributed by atoms with E-state index in [1.54, 1.807) is 17.3 Å². The summed E-state index contributed by atoms with van der Waals surface area (Å²) in [6, 6.07) is 9.59. The highest BCUT2D eigenvalue weighted by molar-refractivity contribution is 5.89. The van der Waals surface area contributed by atoms with Gasteiger partial charge in [0.15, 0.2) is 5.75 Å². The fraction of sp³-hybridized carbons (Fsp3) is 0.350. The zero-order valence-corrected chi connectivity index (χ0v) is 15.1. The van der Waals surface area contributed by atoms with E-state index in [-0.39, 0.29) is 25.0 Å². The number of esters is 1. The number of amides is 1. The minimum atomic E-state index is -0.337. The van der Waals surface area contributed by atoms with Crippen LogP contribution < -0.4 is 9.64 Å². The lowest BCUT2D eigenvalue weighted by atomic mass is 10.1. The van der Waals surface area contributed by atoms with Gasteiger partial charge >= 0.3 is 5.97 Å². The molecule has 3 rings (SSSR count). The Bertz CT molecular complexity index is 792. The van der Waals surface area contributed by atoms with E-state index in [0.29, 0.717) is 18.8 Å². The van der Waals surface area contributed by atoms with Crippen molar-refractivity contribution in [2.24, 2.45) is 0 Å². The molecule has 1 aromatic heterocycles. The minimum Gasteiger partial charge on any atom is -0.423 e. The highest BCUT2D eigenvalue weighted by atomic mass is 16.5. The largest absolute Gasteiger partial charge is 0.423 e. The predicted octanol–water partition coefficient (Wildman–Crippen LogP) is 2.21. The van der Waals surface area contributed by atoms with Gasteiger partial charge < -0.3 is 14.5 Å². The molecule has 0 fully saturated rings. The summed E-state index contributed by atoms with van der Waals surface area (Å²) >= 11 is 0. The van der Waals surface area contributed by atoms with Crippen molar-refractivity contribution >= 4 is 17.6 Å². The maximum atomic E-state index is 12.8. The maximum Gasteiger partial charge on any atom is 0.331 e. The molecule has 0 radical (unpaired) electrons. The molecule has 6 heteroatoms. The number of benzene rings is 1. The number of hydrogen-bond acceptors (Lipinski definition) is 5. The molecular weight excluding hydrogens is 330 g/mol. The van der Waals surface area contributed by atoms with Crippen LogP contribution in [-0.4, -0.2) is 47.9 Å². The molecule has 1 amide bonds. The van der Waals surface area contributed by atoms with Crippen LogP contribution >= 0.6 is 0 Å². The van der Waals surface area contributed by atoms with Crippen LogP contribution in [0.25, 0.3) is 0 Å². The molecule has 1 aliphatic rings. The number of aromatic nitrogens is 1. The van der Waals surface area contributed by atoms with Crippen LogP contribution in [0.1, 0.15) is 18.1 Å². The van der Waals surface area contributed by atoms with E-state index >= 15 is 0 Å². The number of ether oxygens (including phenoxy) is 1. The van der Waals surface area contributed by atoms with Gasteiger partial charge in [0.25, 0.3) is 0 Å². The standard InChI is InChI=1S/C20H23N3O3/c1-3-22(11-8-16-6-9-21-10-7-16)19(24)13-23-14-20(25)26-18-12-15(2)4-5-17(18)23/h4-7,9-10,12H,3,8,11,13-14H2,1-2H3. The van der Waals surface area contributed by atoms with E-state index in [0.717, 1.165) is 23.2 Å². The van der Waals surface area contributed by atoms with Gasteiger partial charge in [-0.3, -0.25) is 9.78 Å². The minimum absolute atomic E-state index is 0.00258. The van der Waals surface area contributed by atoms with Gasteiger partial charge in [0.05, 0.1) is 12.2 Å². The van der Waals surface area contributed by atoms with Gasteiger partial charge in [0.2, 0.25) is 5.91 Å². The summed E-state index contributed by atoms with van der Waals surface area (Å²) < 4.78 is 5.31. The number of fused-ring (bicyclic) bond motifs is 1. The summed E-state index contributed by atoms with van der Waals surface area (Å²) in [5.74, 6) is 0.187. The number of carbonyl (C=O) groups is 2. The van der Waals surface area contributed by atoms with Gasteiger partial charge in [-0.1, -0.05) is 6.07 Å². The third kappa shape index (κ3) is 4.20. The zero-order chi connectivity index (χ0) is 18.5. The Morgan fingerprint density at radius 2 is 2.04 bits per heavy atom. The van der Waals surface area contributed by atoms with E-state index in [2.05, 4.69) is 4.98 Å². The average Bonchev–Trinajstić information content (AvgIpc) is 2.62. The Labute approximate surface area is 153 Å². The first-order chi connectivity index (χ1) is 12.6. The molecular formula is C20H23N3O3. The Morgan fingerprint density at radius 1 is 1.27 bits per heavy atom. The van der Waals surface area contributed by atoms with Crippen LogP contribution in [0.4, 0.5) is 5.69 Å². The maximum absolute atomic E-state index is 12.8. The Balaban J connectivity index is 1.67. The van der Waals surface area contributed by atoms with Crippen molar-refractivity contribution in [3.05, 3.63) is 53.9 Å². The molecule has 2 heterocycles. The number of hydrogen-bond donors (Lipinski definition) is 0. The fourth-order valence-electron chi connectivity index (χ4n) is 3.04. The lowest BCUT2D eigenvalue weighted by molar-refractivity contribution is -0.133. The van der Waals surface area contributed by atoms with Crippen LogP contribution in [-0.2, 0) is 16.0 Å². The van der Waals surface area contributed by atoms with Crippen molar-refractivity contribution < 1.29 is 14.3 Å². The molecule has 0 N–H and O–H groups in total. The van der Waals surface area contributed by atoms with Crippen LogP contribution in [0.15, 0.2) is 42.7 Å². The molecule has 2 aromatic rings. The second-order valence-electron chi connectivity index (χ2n) is 6.38. The summed E-state index contributed by atoms with van der Waals surface area (Å²) in [5.41, 5.74) is 2.94. The van der Waals surface area contributed by atoms with Crippen LogP contribution in [0.5, 0.6) is 5.75 Å². The number of aryl methyl sites for hydroxylation is 1. The zero-order valence-electron chi connectivity index (χ0n) is 15.1. The van der Waals surface area contributed by atoms with Crippen molar-refractivity contribution in [2.75, 3.05) is 31.1 Å². The second kappa shape index (κ2) is 7.99. The highest BCUT2D eigenvalue weighted by Gasteiger charge is 2.27.